The first-order valence-electron chi connectivity index (χ1n) is 9.97. The molecule has 31 heavy (non-hydrogen) atoms. The molecule has 0 saturated heterocycles. The van der Waals surface area contributed by atoms with E-state index in [2.05, 4.69) is 20.0 Å². The first kappa shape index (κ1) is 19.5. The lowest BCUT2D eigenvalue weighted by atomic mass is 10.1. The Balaban J connectivity index is 1.32. The van der Waals surface area contributed by atoms with Crippen LogP contribution in [0.25, 0.3) is 22.4 Å². The molecule has 3 aromatic carbocycles. The first-order chi connectivity index (χ1) is 15.0. The maximum atomic E-state index is 12.7. The van der Waals surface area contributed by atoms with Crippen LogP contribution in [0.15, 0.2) is 77.7 Å². The number of H-pyrrole nitrogens is 1. The molecule has 0 aliphatic heterocycles. The monoisotopic (exact) mass is 432 g/mol. The van der Waals surface area contributed by atoms with Gasteiger partial charge in [0.15, 0.2) is 0 Å². The largest absolute Gasteiger partial charge is 0.338 e. The number of benzene rings is 3. The minimum absolute atomic E-state index is 0.00718. The summed E-state index contributed by atoms with van der Waals surface area (Å²) in [6.07, 6.45) is 1.70. The first-order valence-corrected chi connectivity index (χ1v) is 11.5. The zero-order chi connectivity index (χ0) is 21.4. The van der Waals surface area contributed by atoms with Crippen LogP contribution in [0.4, 0.5) is 5.69 Å². The van der Waals surface area contributed by atoms with Crippen LogP contribution in [0.1, 0.15) is 23.2 Å². The zero-order valence-electron chi connectivity index (χ0n) is 16.5. The fourth-order valence-electron chi connectivity index (χ4n) is 3.30. The third-order valence-electron chi connectivity index (χ3n) is 5.11. The third-order valence-corrected chi connectivity index (χ3v) is 6.63. The normalized spacial score (nSPS) is 13.9. The number of aromatic nitrogens is 2. The Morgan fingerprint density at radius 2 is 1.74 bits per heavy atom. The Hall–Kier alpha value is -3.49. The van der Waals surface area contributed by atoms with Crippen LogP contribution >= 0.6 is 0 Å². The van der Waals surface area contributed by atoms with Crippen molar-refractivity contribution in [1.29, 1.82) is 0 Å². The number of carbonyl (C=O) groups excluding carboxylic acids is 1. The van der Waals surface area contributed by atoms with E-state index in [1.165, 1.54) is 12.1 Å². The summed E-state index contributed by atoms with van der Waals surface area (Å²) in [7, 11) is -3.61. The van der Waals surface area contributed by atoms with E-state index >= 15 is 0 Å². The Labute approximate surface area is 179 Å². The van der Waals surface area contributed by atoms with Crippen molar-refractivity contribution in [2.75, 3.05) is 5.32 Å². The van der Waals surface area contributed by atoms with E-state index in [1.54, 1.807) is 24.3 Å². The minimum atomic E-state index is -3.61. The summed E-state index contributed by atoms with van der Waals surface area (Å²) in [5, 5.41) is 2.81. The summed E-state index contributed by atoms with van der Waals surface area (Å²) in [5.74, 6) is 0.375. The van der Waals surface area contributed by atoms with E-state index in [4.69, 9.17) is 0 Å². The Morgan fingerprint density at radius 3 is 2.48 bits per heavy atom. The number of rotatable bonds is 6. The lowest BCUT2D eigenvalue weighted by Gasteiger charge is -2.09. The summed E-state index contributed by atoms with van der Waals surface area (Å²) in [4.78, 5) is 20.6. The van der Waals surface area contributed by atoms with Crippen molar-refractivity contribution in [3.63, 3.8) is 0 Å². The van der Waals surface area contributed by atoms with Crippen molar-refractivity contribution >= 4 is 32.7 Å². The number of aromatic amines is 1. The van der Waals surface area contributed by atoms with Crippen molar-refractivity contribution in [3.8, 4) is 11.4 Å². The van der Waals surface area contributed by atoms with Gasteiger partial charge in [0.2, 0.25) is 10.0 Å². The predicted octanol–water partition coefficient (Wildman–Crippen LogP) is 3.92. The van der Waals surface area contributed by atoms with Gasteiger partial charge in [0.1, 0.15) is 5.82 Å². The highest BCUT2D eigenvalue weighted by molar-refractivity contribution is 7.89. The number of anilines is 1. The van der Waals surface area contributed by atoms with Crippen LogP contribution in [0.5, 0.6) is 0 Å². The Kier molecular flexibility index (Phi) is 4.80. The van der Waals surface area contributed by atoms with Gasteiger partial charge in [0.25, 0.3) is 5.91 Å². The van der Waals surface area contributed by atoms with Crippen molar-refractivity contribution < 1.29 is 13.2 Å². The van der Waals surface area contributed by atoms with E-state index in [1.807, 2.05) is 36.4 Å². The Bertz CT molecular complexity index is 1340. The highest BCUT2D eigenvalue weighted by atomic mass is 32.2. The van der Waals surface area contributed by atoms with Crippen molar-refractivity contribution in [2.45, 2.75) is 23.8 Å². The molecule has 0 unspecified atom stereocenters. The molecule has 0 radical (unpaired) electrons. The molecular weight excluding hydrogens is 412 g/mol. The second-order valence-corrected chi connectivity index (χ2v) is 9.27. The molecular formula is C23H20N4O3S. The van der Waals surface area contributed by atoms with Crippen molar-refractivity contribution in [3.05, 3.63) is 78.4 Å². The van der Waals surface area contributed by atoms with Crippen LogP contribution < -0.4 is 10.0 Å². The lowest BCUT2D eigenvalue weighted by Crippen LogP contribution is -2.26. The van der Waals surface area contributed by atoms with Gasteiger partial charge < -0.3 is 10.3 Å². The number of carbonyl (C=O) groups is 1. The van der Waals surface area contributed by atoms with Crippen molar-refractivity contribution in [2.24, 2.45) is 0 Å². The second kappa shape index (κ2) is 7.64. The molecule has 1 fully saturated rings. The van der Waals surface area contributed by atoms with Gasteiger partial charge in [-0.15, -0.1) is 0 Å². The number of hydrogen-bond acceptors (Lipinski definition) is 4. The van der Waals surface area contributed by atoms with Gasteiger partial charge >= 0.3 is 0 Å². The lowest BCUT2D eigenvalue weighted by molar-refractivity contribution is 0.102. The molecule has 0 atom stereocenters. The van der Waals surface area contributed by atoms with Gasteiger partial charge in [0, 0.05) is 22.9 Å². The smallest absolute Gasteiger partial charge is 0.255 e. The number of imidazole rings is 1. The van der Waals surface area contributed by atoms with Crippen LogP contribution in [-0.4, -0.2) is 30.3 Å². The summed E-state index contributed by atoms with van der Waals surface area (Å²) >= 11 is 0. The summed E-state index contributed by atoms with van der Waals surface area (Å²) < 4.78 is 27.4. The second-order valence-electron chi connectivity index (χ2n) is 7.56. The molecule has 1 aliphatic carbocycles. The predicted molar refractivity (Wildman–Crippen MR) is 119 cm³/mol. The molecule has 0 bridgehead atoms. The van der Waals surface area contributed by atoms with E-state index in [-0.39, 0.29) is 22.4 Å². The molecule has 8 heteroatoms. The fraction of sp³-hybridized carbons (Fsp3) is 0.130. The molecule has 1 saturated carbocycles. The zero-order valence-corrected chi connectivity index (χ0v) is 17.3. The molecule has 4 aromatic rings. The fourth-order valence-corrected chi connectivity index (χ4v) is 4.65. The number of nitrogens with one attached hydrogen (secondary N) is 3. The van der Waals surface area contributed by atoms with Crippen LogP contribution in [0.2, 0.25) is 0 Å². The van der Waals surface area contributed by atoms with Crippen LogP contribution in [-0.2, 0) is 10.0 Å². The van der Waals surface area contributed by atoms with Gasteiger partial charge in [-0.25, -0.2) is 18.1 Å². The van der Waals surface area contributed by atoms with E-state index in [9.17, 15) is 13.2 Å². The molecule has 1 amide bonds. The maximum absolute atomic E-state index is 12.7. The number of hydrogen-bond donors (Lipinski definition) is 3. The average molecular weight is 433 g/mol. The molecule has 7 nitrogen and oxygen atoms in total. The summed E-state index contributed by atoms with van der Waals surface area (Å²) in [6, 6.07) is 21.2. The van der Waals surface area contributed by atoms with Crippen molar-refractivity contribution in [1.82, 2.24) is 14.7 Å². The SMILES string of the molecule is O=C(Nc1ccc(-c2nc3ccccc3[nH]2)cc1)c1cccc(S(=O)(=O)NC2CC2)c1. The molecule has 1 aliphatic rings. The van der Waals surface area contributed by atoms with Gasteiger partial charge in [-0.1, -0.05) is 18.2 Å². The standard InChI is InChI=1S/C23H20N4O3S/c28-23(16-4-3-5-19(14-16)31(29,30)27-18-12-13-18)24-17-10-8-15(9-11-17)22-25-20-6-1-2-7-21(20)26-22/h1-11,14,18,27H,12-13H2,(H,24,28)(H,25,26). The third kappa shape index (κ3) is 4.21. The molecule has 1 aromatic heterocycles. The van der Waals surface area contributed by atoms with Gasteiger partial charge in [0.05, 0.1) is 15.9 Å². The molecule has 0 spiro atoms. The van der Waals surface area contributed by atoms with Gasteiger partial charge in [-0.05, 0) is 67.4 Å². The van der Waals surface area contributed by atoms with E-state index in [0.717, 1.165) is 35.3 Å². The van der Waals surface area contributed by atoms with Gasteiger partial charge in [-0.2, -0.15) is 0 Å². The molecule has 3 N–H and O–H groups in total. The van der Waals surface area contributed by atoms with E-state index < -0.39 is 10.0 Å². The maximum Gasteiger partial charge on any atom is 0.255 e. The topological polar surface area (TPSA) is 104 Å². The minimum Gasteiger partial charge on any atom is -0.338 e. The Morgan fingerprint density at radius 1 is 0.968 bits per heavy atom. The van der Waals surface area contributed by atoms with Gasteiger partial charge in [-0.3, -0.25) is 4.79 Å². The molecule has 156 valence electrons. The number of fused-ring (bicyclic) bond motifs is 1. The highest BCUT2D eigenvalue weighted by Crippen LogP contribution is 2.24. The number of para-hydroxylation sites is 2. The summed E-state index contributed by atoms with van der Waals surface area (Å²) in [5.41, 5.74) is 3.63. The average Bonchev–Trinajstić information content (AvgIpc) is 3.47. The van der Waals surface area contributed by atoms with Crippen LogP contribution in [0, 0.1) is 0 Å². The molecule has 1 heterocycles. The quantitative estimate of drug-likeness (QED) is 0.429. The van der Waals surface area contributed by atoms with E-state index in [0.29, 0.717) is 5.69 Å². The number of nitrogens with zero attached hydrogens (tertiary/aromatic N) is 1. The number of amides is 1. The number of sulfonamides is 1. The highest BCUT2D eigenvalue weighted by Gasteiger charge is 2.28. The van der Waals surface area contributed by atoms with Crippen LogP contribution in [0.3, 0.4) is 0 Å². The molecule has 5 rings (SSSR count). The summed E-state index contributed by atoms with van der Waals surface area (Å²) in [6.45, 7) is 0.